The molecule has 0 unspecified atom stereocenters. The molecule has 0 radical (unpaired) electrons. The van der Waals surface area contributed by atoms with E-state index in [0.29, 0.717) is 29.7 Å². The molecule has 1 aromatic heterocycles. The quantitative estimate of drug-likeness (QED) is 0.726. The Morgan fingerprint density at radius 1 is 1.44 bits per heavy atom. The van der Waals surface area contributed by atoms with Crippen LogP contribution in [0.2, 0.25) is 10.0 Å². The number of nitrogens with one attached hydrogen (secondary N) is 1. The maximum atomic E-state index is 12.3. The van der Waals surface area contributed by atoms with Crippen molar-refractivity contribution in [2.24, 2.45) is 0 Å². The van der Waals surface area contributed by atoms with E-state index in [9.17, 15) is 4.79 Å². The highest BCUT2D eigenvalue weighted by atomic mass is 35.5. The fourth-order valence-corrected chi connectivity index (χ4v) is 2.82. The second-order valence-electron chi connectivity index (χ2n) is 5.98. The minimum absolute atomic E-state index is 0.0624. The Morgan fingerprint density at radius 2 is 2.20 bits per heavy atom. The van der Waals surface area contributed by atoms with Crippen molar-refractivity contribution < 1.29 is 4.79 Å². The lowest BCUT2D eigenvalue weighted by Gasteiger charge is -2.23. The Labute approximate surface area is 158 Å². The van der Waals surface area contributed by atoms with Crippen LogP contribution in [-0.4, -0.2) is 33.1 Å². The van der Waals surface area contributed by atoms with Gasteiger partial charge in [0.1, 0.15) is 5.82 Å². The van der Waals surface area contributed by atoms with Crippen LogP contribution in [0.1, 0.15) is 25.2 Å². The number of imidazole rings is 1. The number of hydrogen-bond donors (Lipinski definition) is 1. The molecule has 2 rings (SSSR count). The van der Waals surface area contributed by atoms with Gasteiger partial charge in [-0.15, -0.1) is 6.58 Å². The Bertz CT molecular complexity index is 742. The third-order valence-electron chi connectivity index (χ3n) is 3.54. The number of nitrogens with zero attached hydrogens (tertiary/aromatic N) is 3. The summed E-state index contributed by atoms with van der Waals surface area (Å²) in [6.07, 6.45) is 5.28. The van der Waals surface area contributed by atoms with Crippen LogP contribution in [-0.2, 0) is 13.1 Å². The molecule has 0 aliphatic carbocycles. The Balaban J connectivity index is 2.16. The fraction of sp³-hybridized carbons (Fsp3) is 0.333. The van der Waals surface area contributed by atoms with Gasteiger partial charge in [0.25, 0.3) is 0 Å². The SMILES string of the molecule is C=CCN(Cc1nccn1Cc1ccc(Cl)cc1Cl)C(=O)NC(C)C. The predicted octanol–water partition coefficient (Wildman–Crippen LogP) is 4.34. The molecule has 1 N–H and O–H groups in total. The van der Waals surface area contributed by atoms with Crippen molar-refractivity contribution in [1.29, 1.82) is 0 Å². The van der Waals surface area contributed by atoms with Crippen LogP contribution in [0.3, 0.4) is 0 Å². The van der Waals surface area contributed by atoms with E-state index in [1.165, 1.54) is 0 Å². The van der Waals surface area contributed by atoms with Gasteiger partial charge in [-0.25, -0.2) is 9.78 Å². The van der Waals surface area contributed by atoms with Gasteiger partial charge in [0.2, 0.25) is 0 Å². The summed E-state index contributed by atoms with van der Waals surface area (Å²) >= 11 is 12.2. The molecule has 0 spiro atoms. The number of amides is 2. The van der Waals surface area contributed by atoms with Crippen molar-refractivity contribution >= 4 is 29.2 Å². The Morgan fingerprint density at radius 3 is 2.84 bits per heavy atom. The number of aromatic nitrogens is 2. The van der Waals surface area contributed by atoms with E-state index in [-0.39, 0.29) is 12.1 Å². The molecule has 0 saturated carbocycles. The summed E-state index contributed by atoms with van der Waals surface area (Å²) in [6.45, 7) is 8.94. The third-order valence-corrected chi connectivity index (χ3v) is 4.13. The highest BCUT2D eigenvalue weighted by Crippen LogP contribution is 2.22. The summed E-state index contributed by atoms with van der Waals surface area (Å²) in [6, 6.07) is 5.33. The number of urea groups is 1. The normalized spacial score (nSPS) is 10.8. The van der Waals surface area contributed by atoms with E-state index >= 15 is 0 Å². The summed E-state index contributed by atoms with van der Waals surface area (Å²) in [5, 5.41) is 4.09. The molecule has 134 valence electrons. The first-order chi connectivity index (χ1) is 11.9. The third kappa shape index (κ3) is 5.51. The van der Waals surface area contributed by atoms with Crippen LogP contribution < -0.4 is 5.32 Å². The van der Waals surface area contributed by atoms with Crippen LogP contribution in [0.15, 0.2) is 43.2 Å². The first-order valence-electron chi connectivity index (χ1n) is 8.01. The molecule has 2 aromatic rings. The average Bonchev–Trinajstić information content (AvgIpc) is 2.96. The standard InChI is InChI=1S/C18H22Cl2N4O/c1-4-8-24(18(25)22-13(2)3)12-17-21-7-9-23(17)11-14-5-6-15(19)10-16(14)20/h4-7,9-10,13H,1,8,11-12H2,2-3H3,(H,22,25). The van der Waals surface area contributed by atoms with Crippen LogP contribution in [0, 0.1) is 0 Å². The first kappa shape index (κ1) is 19.3. The molecule has 1 heterocycles. The van der Waals surface area contributed by atoms with Gasteiger partial charge in [0.15, 0.2) is 0 Å². The number of benzene rings is 1. The second kappa shape index (κ2) is 8.92. The predicted molar refractivity (Wildman–Crippen MR) is 102 cm³/mol. The number of rotatable bonds is 7. The number of hydrogen-bond acceptors (Lipinski definition) is 2. The molecule has 0 aliphatic rings. The molecule has 2 amide bonds. The summed E-state index contributed by atoms with van der Waals surface area (Å²) in [4.78, 5) is 18.4. The van der Waals surface area contributed by atoms with Gasteiger partial charge >= 0.3 is 6.03 Å². The van der Waals surface area contributed by atoms with Gasteiger partial charge in [-0.3, -0.25) is 0 Å². The highest BCUT2D eigenvalue weighted by molar-refractivity contribution is 6.35. The molecule has 1 aromatic carbocycles. The molecule has 0 bridgehead atoms. The van der Waals surface area contributed by atoms with Gasteiger partial charge in [-0.2, -0.15) is 0 Å². The van der Waals surface area contributed by atoms with E-state index in [0.717, 1.165) is 11.4 Å². The van der Waals surface area contributed by atoms with Gasteiger partial charge in [-0.05, 0) is 31.5 Å². The number of carbonyl (C=O) groups excluding carboxylic acids is 1. The second-order valence-corrected chi connectivity index (χ2v) is 6.82. The average molecular weight is 381 g/mol. The minimum Gasteiger partial charge on any atom is -0.336 e. The van der Waals surface area contributed by atoms with E-state index in [1.807, 2.05) is 30.7 Å². The van der Waals surface area contributed by atoms with Gasteiger partial charge in [-0.1, -0.05) is 35.3 Å². The molecule has 5 nitrogen and oxygen atoms in total. The monoisotopic (exact) mass is 380 g/mol. The zero-order valence-electron chi connectivity index (χ0n) is 14.4. The molecular weight excluding hydrogens is 359 g/mol. The number of halogens is 2. The molecule has 0 aliphatic heterocycles. The molecule has 7 heteroatoms. The van der Waals surface area contributed by atoms with Crippen LogP contribution >= 0.6 is 23.2 Å². The zero-order chi connectivity index (χ0) is 18.4. The largest absolute Gasteiger partial charge is 0.336 e. The highest BCUT2D eigenvalue weighted by Gasteiger charge is 2.16. The van der Waals surface area contributed by atoms with Gasteiger partial charge in [0.05, 0.1) is 13.1 Å². The number of carbonyl (C=O) groups is 1. The van der Waals surface area contributed by atoms with Crippen molar-refractivity contribution in [2.75, 3.05) is 6.54 Å². The van der Waals surface area contributed by atoms with Crippen molar-refractivity contribution in [3.05, 3.63) is 64.7 Å². The Hall–Kier alpha value is -1.98. The van der Waals surface area contributed by atoms with Crippen LogP contribution in [0.4, 0.5) is 4.79 Å². The van der Waals surface area contributed by atoms with E-state index < -0.39 is 0 Å². The lowest BCUT2D eigenvalue weighted by Crippen LogP contribution is -2.43. The summed E-state index contributed by atoms with van der Waals surface area (Å²) < 4.78 is 1.97. The summed E-state index contributed by atoms with van der Waals surface area (Å²) in [5.74, 6) is 0.770. The molecule has 25 heavy (non-hydrogen) atoms. The lowest BCUT2D eigenvalue weighted by molar-refractivity contribution is 0.196. The summed E-state index contributed by atoms with van der Waals surface area (Å²) in [5.41, 5.74) is 0.937. The minimum atomic E-state index is -0.144. The molecule has 0 atom stereocenters. The van der Waals surface area contributed by atoms with E-state index in [4.69, 9.17) is 23.2 Å². The van der Waals surface area contributed by atoms with Crippen molar-refractivity contribution in [1.82, 2.24) is 19.8 Å². The zero-order valence-corrected chi connectivity index (χ0v) is 15.9. The topological polar surface area (TPSA) is 50.2 Å². The molecule has 0 saturated heterocycles. The van der Waals surface area contributed by atoms with Gasteiger partial charge in [0, 0.05) is 35.0 Å². The van der Waals surface area contributed by atoms with E-state index in [1.54, 1.807) is 29.3 Å². The lowest BCUT2D eigenvalue weighted by atomic mass is 10.2. The maximum absolute atomic E-state index is 12.3. The van der Waals surface area contributed by atoms with Crippen molar-refractivity contribution in [3.8, 4) is 0 Å². The van der Waals surface area contributed by atoms with Crippen LogP contribution in [0.25, 0.3) is 0 Å². The smallest absolute Gasteiger partial charge is 0.318 e. The molecular formula is C18H22Cl2N4O. The fourth-order valence-electron chi connectivity index (χ4n) is 2.35. The van der Waals surface area contributed by atoms with Crippen LogP contribution in [0.5, 0.6) is 0 Å². The first-order valence-corrected chi connectivity index (χ1v) is 8.76. The summed E-state index contributed by atoms with van der Waals surface area (Å²) in [7, 11) is 0. The van der Waals surface area contributed by atoms with Gasteiger partial charge < -0.3 is 14.8 Å². The van der Waals surface area contributed by atoms with E-state index in [2.05, 4.69) is 16.9 Å². The van der Waals surface area contributed by atoms with Crippen molar-refractivity contribution in [3.63, 3.8) is 0 Å². The maximum Gasteiger partial charge on any atom is 0.318 e. The molecule has 0 fully saturated rings. The van der Waals surface area contributed by atoms with Crippen molar-refractivity contribution in [2.45, 2.75) is 33.0 Å². The Kier molecular flexibility index (Phi) is 6.91.